The van der Waals surface area contributed by atoms with Crippen molar-refractivity contribution in [3.8, 4) is 0 Å². The molecule has 0 unspecified atom stereocenters. The van der Waals surface area contributed by atoms with Gasteiger partial charge in [-0.15, -0.1) is 0 Å². The van der Waals surface area contributed by atoms with E-state index in [0.717, 1.165) is 5.56 Å². The van der Waals surface area contributed by atoms with Gasteiger partial charge in [0.15, 0.2) is 11.6 Å². The lowest BCUT2D eigenvalue weighted by molar-refractivity contribution is -0.137. The number of aliphatic carboxylic acids is 1. The van der Waals surface area contributed by atoms with E-state index in [0.29, 0.717) is 5.76 Å². The number of carbonyl (C=O) groups excluding carboxylic acids is 1. The summed E-state index contributed by atoms with van der Waals surface area (Å²) in [6.07, 6.45) is 1.48. The van der Waals surface area contributed by atoms with E-state index in [9.17, 15) is 9.59 Å². The van der Waals surface area contributed by atoms with E-state index in [2.05, 4.69) is 10.4 Å². The standard InChI is InChI=1S/C12H13N3O4/c1-7-5-8(2)19-11(7)12(18)13-9-3-4-15(14-9)6-10(16)17/h3-5H,6H2,1-2H3,(H,16,17)(H,13,14,18). The highest BCUT2D eigenvalue weighted by Gasteiger charge is 2.15. The van der Waals surface area contributed by atoms with Crippen LogP contribution in [0.25, 0.3) is 0 Å². The maximum Gasteiger partial charge on any atom is 0.325 e. The number of furan rings is 1. The lowest BCUT2D eigenvalue weighted by atomic mass is 10.2. The summed E-state index contributed by atoms with van der Waals surface area (Å²) in [5, 5.41) is 15.1. The molecule has 0 saturated carbocycles. The first kappa shape index (κ1) is 12.9. The van der Waals surface area contributed by atoms with E-state index >= 15 is 0 Å². The van der Waals surface area contributed by atoms with E-state index in [4.69, 9.17) is 9.52 Å². The quantitative estimate of drug-likeness (QED) is 0.869. The van der Waals surface area contributed by atoms with Crippen LogP contribution in [0.3, 0.4) is 0 Å². The molecule has 2 rings (SSSR count). The topological polar surface area (TPSA) is 97.4 Å². The second-order valence-electron chi connectivity index (χ2n) is 4.12. The van der Waals surface area contributed by atoms with Crippen molar-refractivity contribution in [2.24, 2.45) is 0 Å². The third-order valence-electron chi connectivity index (χ3n) is 2.43. The summed E-state index contributed by atoms with van der Waals surface area (Å²) in [4.78, 5) is 22.4. The molecule has 0 aliphatic heterocycles. The maximum absolute atomic E-state index is 11.9. The first-order chi connectivity index (χ1) is 8.95. The molecule has 19 heavy (non-hydrogen) atoms. The van der Waals surface area contributed by atoms with Crippen LogP contribution >= 0.6 is 0 Å². The van der Waals surface area contributed by atoms with E-state index in [1.54, 1.807) is 19.9 Å². The molecule has 0 aromatic carbocycles. The van der Waals surface area contributed by atoms with Crippen molar-refractivity contribution in [2.75, 3.05) is 5.32 Å². The number of nitrogens with one attached hydrogen (secondary N) is 1. The molecule has 0 radical (unpaired) electrons. The molecular weight excluding hydrogens is 250 g/mol. The minimum Gasteiger partial charge on any atom is -0.480 e. The molecule has 0 aliphatic rings. The van der Waals surface area contributed by atoms with Gasteiger partial charge in [-0.25, -0.2) is 0 Å². The monoisotopic (exact) mass is 263 g/mol. The van der Waals surface area contributed by atoms with Crippen LogP contribution < -0.4 is 5.32 Å². The van der Waals surface area contributed by atoms with Crippen LogP contribution in [0.5, 0.6) is 0 Å². The Kier molecular flexibility index (Phi) is 3.37. The molecule has 1 amide bonds. The first-order valence-corrected chi connectivity index (χ1v) is 5.59. The number of carbonyl (C=O) groups is 2. The molecule has 0 atom stereocenters. The zero-order chi connectivity index (χ0) is 14.0. The molecule has 0 spiro atoms. The summed E-state index contributed by atoms with van der Waals surface area (Å²) in [6, 6.07) is 3.28. The highest BCUT2D eigenvalue weighted by atomic mass is 16.4. The van der Waals surface area contributed by atoms with Gasteiger partial charge in [0.2, 0.25) is 0 Å². The highest BCUT2D eigenvalue weighted by molar-refractivity contribution is 6.02. The Bertz CT molecular complexity index is 627. The summed E-state index contributed by atoms with van der Waals surface area (Å²) < 4.78 is 6.50. The van der Waals surface area contributed by atoms with E-state index in [1.807, 2.05) is 0 Å². The molecule has 0 saturated heterocycles. The van der Waals surface area contributed by atoms with Gasteiger partial charge in [-0.1, -0.05) is 0 Å². The minimum absolute atomic E-state index is 0.227. The van der Waals surface area contributed by atoms with Gasteiger partial charge >= 0.3 is 5.97 Å². The normalized spacial score (nSPS) is 10.4. The average molecular weight is 263 g/mol. The van der Waals surface area contributed by atoms with Crippen molar-refractivity contribution in [3.05, 3.63) is 35.4 Å². The Balaban J connectivity index is 2.09. The largest absolute Gasteiger partial charge is 0.480 e. The summed E-state index contributed by atoms with van der Waals surface area (Å²) >= 11 is 0. The van der Waals surface area contributed by atoms with Gasteiger partial charge in [0.25, 0.3) is 5.91 Å². The van der Waals surface area contributed by atoms with Gasteiger partial charge in [0, 0.05) is 17.8 Å². The van der Waals surface area contributed by atoms with E-state index < -0.39 is 11.9 Å². The van der Waals surface area contributed by atoms with Crippen LogP contribution in [0.15, 0.2) is 22.7 Å². The van der Waals surface area contributed by atoms with Crippen molar-refractivity contribution in [3.63, 3.8) is 0 Å². The molecule has 2 heterocycles. The lowest BCUT2D eigenvalue weighted by Crippen LogP contribution is -2.14. The molecule has 0 bridgehead atoms. The van der Waals surface area contributed by atoms with Crippen LogP contribution in [0.1, 0.15) is 21.9 Å². The van der Waals surface area contributed by atoms with Crippen molar-refractivity contribution in [1.82, 2.24) is 9.78 Å². The van der Waals surface area contributed by atoms with Gasteiger partial charge in [-0.3, -0.25) is 14.3 Å². The fourth-order valence-corrected chi connectivity index (χ4v) is 1.69. The number of rotatable bonds is 4. The molecule has 7 heteroatoms. The van der Waals surface area contributed by atoms with Crippen molar-refractivity contribution in [1.29, 1.82) is 0 Å². The third kappa shape index (κ3) is 3.01. The van der Waals surface area contributed by atoms with Gasteiger partial charge < -0.3 is 14.8 Å². The fourth-order valence-electron chi connectivity index (χ4n) is 1.69. The Morgan fingerprint density at radius 3 is 2.79 bits per heavy atom. The number of anilines is 1. The van der Waals surface area contributed by atoms with Crippen molar-refractivity contribution >= 4 is 17.7 Å². The molecular formula is C12H13N3O4. The van der Waals surface area contributed by atoms with Crippen LogP contribution in [0, 0.1) is 13.8 Å². The molecule has 0 aliphatic carbocycles. The van der Waals surface area contributed by atoms with Crippen molar-refractivity contribution < 1.29 is 19.1 Å². The van der Waals surface area contributed by atoms with Crippen molar-refractivity contribution in [2.45, 2.75) is 20.4 Å². The zero-order valence-corrected chi connectivity index (χ0v) is 10.5. The Labute approximate surface area is 108 Å². The molecule has 0 fully saturated rings. The molecule has 2 aromatic rings. The second kappa shape index (κ2) is 4.97. The van der Waals surface area contributed by atoms with Crippen LogP contribution in [-0.4, -0.2) is 26.8 Å². The van der Waals surface area contributed by atoms with E-state index in [1.165, 1.54) is 16.9 Å². The number of hydrogen-bond acceptors (Lipinski definition) is 4. The number of aryl methyl sites for hydroxylation is 2. The zero-order valence-electron chi connectivity index (χ0n) is 10.5. The Hall–Kier alpha value is -2.57. The van der Waals surface area contributed by atoms with Gasteiger partial charge in [-0.05, 0) is 19.9 Å². The van der Waals surface area contributed by atoms with Gasteiger partial charge in [0.05, 0.1) is 0 Å². The summed E-state index contributed by atoms with van der Waals surface area (Å²) in [5.74, 6) is -0.256. The summed E-state index contributed by atoms with van der Waals surface area (Å²) in [7, 11) is 0. The Morgan fingerprint density at radius 1 is 1.47 bits per heavy atom. The number of nitrogens with zero attached hydrogens (tertiary/aromatic N) is 2. The Morgan fingerprint density at radius 2 is 2.21 bits per heavy atom. The molecule has 2 aromatic heterocycles. The number of carboxylic acids is 1. The van der Waals surface area contributed by atoms with E-state index in [-0.39, 0.29) is 18.1 Å². The first-order valence-electron chi connectivity index (χ1n) is 5.59. The average Bonchev–Trinajstić information content (AvgIpc) is 2.84. The summed E-state index contributed by atoms with van der Waals surface area (Å²) in [5.41, 5.74) is 0.736. The minimum atomic E-state index is -1.00. The number of aromatic nitrogens is 2. The second-order valence-corrected chi connectivity index (χ2v) is 4.12. The SMILES string of the molecule is Cc1cc(C)c(C(=O)Nc2ccn(CC(=O)O)n2)o1. The summed E-state index contributed by atoms with van der Waals surface area (Å²) in [6.45, 7) is 3.27. The number of hydrogen-bond donors (Lipinski definition) is 2. The van der Waals surface area contributed by atoms with Gasteiger partial charge in [-0.2, -0.15) is 5.10 Å². The lowest BCUT2D eigenvalue weighted by Gasteiger charge is -2.00. The molecule has 7 nitrogen and oxygen atoms in total. The highest BCUT2D eigenvalue weighted by Crippen LogP contribution is 2.15. The molecule has 2 N–H and O–H groups in total. The predicted molar refractivity (Wildman–Crippen MR) is 66.0 cm³/mol. The fraction of sp³-hybridized carbons (Fsp3) is 0.250. The smallest absolute Gasteiger partial charge is 0.325 e. The third-order valence-corrected chi connectivity index (χ3v) is 2.43. The van der Waals surface area contributed by atoms with Crippen LogP contribution in [-0.2, 0) is 11.3 Å². The van der Waals surface area contributed by atoms with Crippen LogP contribution in [0.2, 0.25) is 0 Å². The van der Waals surface area contributed by atoms with Crippen LogP contribution in [0.4, 0.5) is 5.82 Å². The maximum atomic E-state index is 11.9. The molecule has 100 valence electrons. The predicted octanol–water partition coefficient (Wildman–Crippen LogP) is 1.43. The number of amides is 1. The van der Waals surface area contributed by atoms with Gasteiger partial charge in [0.1, 0.15) is 12.3 Å². The number of carboxylic acid groups (broad SMARTS) is 1.